The van der Waals surface area contributed by atoms with Crippen LogP contribution in [0.25, 0.3) is 0 Å². The number of amides is 1. The van der Waals surface area contributed by atoms with Gasteiger partial charge in [-0.3, -0.25) is 4.79 Å². The molecule has 134 valence electrons. The van der Waals surface area contributed by atoms with Crippen LogP contribution in [-0.2, 0) is 16.4 Å². The van der Waals surface area contributed by atoms with Crippen molar-refractivity contribution in [1.29, 1.82) is 0 Å². The van der Waals surface area contributed by atoms with Gasteiger partial charge in [-0.1, -0.05) is 25.1 Å². The van der Waals surface area contributed by atoms with Crippen molar-refractivity contribution in [3.8, 4) is 0 Å². The second-order valence-electron chi connectivity index (χ2n) is 5.56. The molecule has 1 amide bonds. The number of carbonyl (C=O) groups is 1. The Morgan fingerprint density at radius 1 is 1.08 bits per heavy atom. The largest absolute Gasteiger partial charge is 0.352 e. The molecule has 0 heterocycles. The van der Waals surface area contributed by atoms with Crippen LogP contribution in [0.5, 0.6) is 0 Å². The van der Waals surface area contributed by atoms with E-state index in [1.54, 1.807) is 18.2 Å². The SMILES string of the molecule is CCCNS(=O)(=O)c1cccc(C(=O)NCCc2ccc(F)cc2)c1. The molecule has 2 N–H and O–H groups in total. The van der Waals surface area contributed by atoms with Gasteiger partial charge in [0.2, 0.25) is 10.0 Å². The Bertz CT molecular complexity index is 820. The summed E-state index contributed by atoms with van der Waals surface area (Å²) in [5.74, 6) is -0.655. The van der Waals surface area contributed by atoms with Crippen LogP contribution >= 0.6 is 0 Å². The van der Waals surface area contributed by atoms with E-state index >= 15 is 0 Å². The van der Waals surface area contributed by atoms with Crippen molar-refractivity contribution < 1.29 is 17.6 Å². The van der Waals surface area contributed by atoms with Crippen LogP contribution in [0, 0.1) is 5.82 Å². The molecule has 0 fully saturated rings. The first-order valence-corrected chi connectivity index (χ1v) is 9.53. The third-order valence-electron chi connectivity index (χ3n) is 3.56. The van der Waals surface area contributed by atoms with Crippen LogP contribution in [0.3, 0.4) is 0 Å². The highest BCUT2D eigenvalue weighted by Crippen LogP contribution is 2.11. The molecular formula is C18H21FN2O3S. The predicted molar refractivity (Wildman–Crippen MR) is 94.4 cm³/mol. The van der Waals surface area contributed by atoms with Crippen molar-refractivity contribution in [2.45, 2.75) is 24.7 Å². The van der Waals surface area contributed by atoms with E-state index in [0.717, 1.165) is 5.56 Å². The van der Waals surface area contributed by atoms with Gasteiger partial charge in [-0.2, -0.15) is 0 Å². The van der Waals surface area contributed by atoms with Gasteiger partial charge in [-0.25, -0.2) is 17.5 Å². The van der Waals surface area contributed by atoms with Crippen molar-refractivity contribution in [3.05, 3.63) is 65.5 Å². The smallest absolute Gasteiger partial charge is 0.251 e. The molecule has 0 aromatic heterocycles. The standard InChI is InChI=1S/C18H21FN2O3S/c1-2-11-21-25(23,24)17-5-3-4-15(13-17)18(22)20-12-10-14-6-8-16(19)9-7-14/h3-9,13,21H,2,10-12H2,1H3,(H,20,22). The molecular weight excluding hydrogens is 343 g/mol. The molecule has 0 aliphatic rings. The molecule has 0 saturated carbocycles. The monoisotopic (exact) mass is 364 g/mol. The first kappa shape index (κ1) is 19.1. The van der Waals surface area contributed by atoms with E-state index < -0.39 is 10.0 Å². The van der Waals surface area contributed by atoms with E-state index in [4.69, 9.17) is 0 Å². The van der Waals surface area contributed by atoms with Gasteiger partial charge in [-0.15, -0.1) is 0 Å². The fourth-order valence-electron chi connectivity index (χ4n) is 2.20. The van der Waals surface area contributed by atoms with E-state index in [0.29, 0.717) is 25.9 Å². The Hall–Kier alpha value is -2.25. The molecule has 25 heavy (non-hydrogen) atoms. The van der Waals surface area contributed by atoms with Crippen molar-refractivity contribution in [2.24, 2.45) is 0 Å². The van der Waals surface area contributed by atoms with Gasteiger partial charge in [-0.05, 0) is 48.7 Å². The van der Waals surface area contributed by atoms with Gasteiger partial charge in [0.25, 0.3) is 5.91 Å². The van der Waals surface area contributed by atoms with E-state index in [2.05, 4.69) is 10.0 Å². The van der Waals surface area contributed by atoms with E-state index in [-0.39, 0.29) is 22.2 Å². The lowest BCUT2D eigenvalue weighted by molar-refractivity contribution is 0.0954. The van der Waals surface area contributed by atoms with Crippen LogP contribution in [-0.4, -0.2) is 27.4 Å². The Kier molecular flexibility index (Phi) is 6.66. The van der Waals surface area contributed by atoms with Crippen LogP contribution in [0.4, 0.5) is 4.39 Å². The zero-order chi connectivity index (χ0) is 18.3. The molecule has 7 heteroatoms. The molecule has 2 rings (SSSR count). The van der Waals surface area contributed by atoms with E-state index in [1.807, 2.05) is 6.92 Å². The van der Waals surface area contributed by atoms with E-state index in [9.17, 15) is 17.6 Å². The normalized spacial score (nSPS) is 11.3. The molecule has 5 nitrogen and oxygen atoms in total. The molecule has 0 spiro atoms. The van der Waals surface area contributed by atoms with Gasteiger partial charge in [0.15, 0.2) is 0 Å². The number of hydrogen-bond donors (Lipinski definition) is 2. The zero-order valence-electron chi connectivity index (χ0n) is 14.0. The number of hydrogen-bond acceptors (Lipinski definition) is 3. The Labute approximate surface area is 147 Å². The lowest BCUT2D eigenvalue weighted by Gasteiger charge is -2.09. The number of halogens is 1. The Morgan fingerprint density at radius 3 is 2.48 bits per heavy atom. The minimum atomic E-state index is -3.61. The highest BCUT2D eigenvalue weighted by Gasteiger charge is 2.15. The first-order valence-electron chi connectivity index (χ1n) is 8.05. The molecule has 0 atom stereocenters. The Morgan fingerprint density at radius 2 is 1.80 bits per heavy atom. The highest BCUT2D eigenvalue weighted by atomic mass is 32.2. The topological polar surface area (TPSA) is 75.3 Å². The van der Waals surface area contributed by atoms with Crippen LogP contribution in [0.15, 0.2) is 53.4 Å². The maximum absolute atomic E-state index is 12.8. The maximum atomic E-state index is 12.8. The molecule has 0 aliphatic heterocycles. The number of nitrogens with one attached hydrogen (secondary N) is 2. The minimum absolute atomic E-state index is 0.0622. The summed E-state index contributed by atoms with van der Waals surface area (Å²) >= 11 is 0. The maximum Gasteiger partial charge on any atom is 0.251 e. The van der Waals surface area contributed by atoms with Crippen molar-refractivity contribution >= 4 is 15.9 Å². The molecule has 0 radical (unpaired) electrons. The average Bonchev–Trinajstić information content (AvgIpc) is 2.61. The summed E-state index contributed by atoms with van der Waals surface area (Å²) < 4.78 is 39.6. The van der Waals surface area contributed by atoms with Gasteiger partial charge in [0.05, 0.1) is 4.90 Å². The second kappa shape index (κ2) is 8.73. The quantitative estimate of drug-likeness (QED) is 0.756. The lowest BCUT2D eigenvalue weighted by Crippen LogP contribution is -2.27. The number of benzene rings is 2. The lowest BCUT2D eigenvalue weighted by atomic mass is 10.1. The summed E-state index contributed by atoms with van der Waals surface area (Å²) in [6.07, 6.45) is 1.24. The third-order valence-corrected chi connectivity index (χ3v) is 5.02. The summed E-state index contributed by atoms with van der Waals surface area (Å²) in [5, 5.41) is 2.74. The van der Waals surface area contributed by atoms with Crippen LogP contribution in [0.2, 0.25) is 0 Å². The summed E-state index contributed by atoms with van der Waals surface area (Å²) in [5.41, 5.74) is 1.18. The summed E-state index contributed by atoms with van der Waals surface area (Å²) in [6.45, 7) is 2.58. The van der Waals surface area contributed by atoms with Crippen molar-refractivity contribution in [2.75, 3.05) is 13.1 Å². The van der Waals surface area contributed by atoms with Crippen molar-refractivity contribution in [1.82, 2.24) is 10.0 Å². The fraction of sp³-hybridized carbons (Fsp3) is 0.278. The minimum Gasteiger partial charge on any atom is -0.352 e. The second-order valence-corrected chi connectivity index (χ2v) is 7.32. The molecule has 0 aliphatic carbocycles. The zero-order valence-corrected chi connectivity index (χ0v) is 14.8. The number of rotatable bonds is 8. The first-order chi connectivity index (χ1) is 11.9. The van der Waals surface area contributed by atoms with E-state index in [1.165, 1.54) is 30.3 Å². The van der Waals surface area contributed by atoms with Gasteiger partial charge in [0, 0.05) is 18.7 Å². The third kappa shape index (κ3) is 5.65. The fourth-order valence-corrected chi connectivity index (χ4v) is 3.38. The molecule has 2 aromatic rings. The molecule has 2 aromatic carbocycles. The average molecular weight is 364 g/mol. The number of carbonyl (C=O) groups excluding carboxylic acids is 1. The summed E-state index contributed by atoms with van der Waals surface area (Å²) in [7, 11) is -3.61. The highest BCUT2D eigenvalue weighted by molar-refractivity contribution is 7.89. The Balaban J connectivity index is 1.97. The summed E-state index contributed by atoms with van der Waals surface area (Å²) in [6, 6.07) is 12.0. The predicted octanol–water partition coefficient (Wildman–Crippen LogP) is 2.49. The molecule has 0 saturated heterocycles. The molecule has 0 unspecified atom stereocenters. The van der Waals surface area contributed by atoms with Gasteiger partial charge < -0.3 is 5.32 Å². The van der Waals surface area contributed by atoms with Gasteiger partial charge in [0.1, 0.15) is 5.82 Å². The van der Waals surface area contributed by atoms with Crippen LogP contribution in [0.1, 0.15) is 29.3 Å². The van der Waals surface area contributed by atoms with Gasteiger partial charge >= 0.3 is 0 Å². The molecule has 0 bridgehead atoms. The van der Waals surface area contributed by atoms with Crippen LogP contribution < -0.4 is 10.0 Å². The number of sulfonamides is 1. The summed E-state index contributed by atoms with van der Waals surface area (Å²) in [4.78, 5) is 12.3. The van der Waals surface area contributed by atoms with Crippen molar-refractivity contribution in [3.63, 3.8) is 0 Å².